The second-order valence-electron chi connectivity index (χ2n) is 6.39. The second kappa shape index (κ2) is 4.20. The highest BCUT2D eigenvalue weighted by molar-refractivity contribution is 5.99. The Morgan fingerprint density at radius 3 is 2.84 bits per heavy atom. The van der Waals surface area contributed by atoms with Crippen LogP contribution in [0.1, 0.15) is 60.9 Å². The first kappa shape index (κ1) is 12.9. The van der Waals surface area contributed by atoms with E-state index < -0.39 is 0 Å². The molecular formula is C16H22O3. The molecular weight excluding hydrogens is 240 g/mol. The third-order valence-electron chi connectivity index (χ3n) is 5.57. The van der Waals surface area contributed by atoms with Crippen LogP contribution in [0.4, 0.5) is 0 Å². The fourth-order valence-electron chi connectivity index (χ4n) is 4.26. The molecule has 3 heteroatoms. The SMILES string of the molecule is CO[C@H]1c2c(C)coc2C(=O)[C@@H]2CCC[C@H](C)[C@]21C. The van der Waals surface area contributed by atoms with Crippen LogP contribution in [0.15, 0.2) is 10.7 Å². The quantitative estimate of drug-likeness (QED) is 0.770. The van der Waals surface area contributed by atoms with Crippen molar-refractivity contribution in [1.29, 1.82) is 0 Å². The monoisotopic (exact) mass is 262 g/mol. The lowest BCUT2D eigenvalue weighted by Crippen LogP contribution is -2.49. The predicted molar refractivity (Wildman–Crippen MR) is 72.1 cm³/mol. The summed E-state index contributed by atoms with van der Waals surface area (Å²) >= 11 is 0. The molecule has 0 amide bonds. The average Bonchev–Trinajstić information content (AvgIpc) is 2.75. The van der Waals surface area contributed by atoms with E-state index in [9.17, 15) is 4.79 Å². The van der Waals surface area contributed by atoms with Gasteiger partial charge in [0, 0.05) is 24.0 Å². The summed E-state index contributed by atoms with van der Waals surface area (Å²) < 4.78 is 11.4. The number of fused-ring (bicyclic) bond motifs is 2. The summed E-state index contributed by atoms with van der Waals surface area (Å²) in [5, 5.41) is 0. The van der Waals surface area contributed by atoms with Gasteiger partial charge in [-0.25, -0.2) is 0 Å². The Hall–Kier alpha value is -1.09. The smallest absolute Gasteiger partial charge is 0.202 e. The average molecular weight is 262 g/mol. The van der Waals surface area contributed by atoms with Crippen LogP contribution in [-0.4, -0.2) is 12.9 Å². The van der Waals surface area contributed by atoms with E-state index in [1.54, 1.807) is 13.4 Å². The van der Waals surface area contributed by atoms with E-state index in [1.807, 2.05) is 6.92 Å². The summed E-state index contributed by atoms with van der Waals surface area (Å²) in [6.45, 7) is 6.48. The number of rotatable bonds is 1. The molecule has 0 unspecified atom stereocenters. The van der Waals surface area contributed by atoms with Crippen molar-refractivity contribution in [2.75, 3.05) is 7.11 Å². The van der Waals surface area contributed by atoms with E-state index in [1.165, 1.54) is 6.42 Å². The van der Waals surface area contributed by atoms with Gasteiger partial charge in [0.2, 0.25) is 5.78 Å². The van der Waals surface area contributed by atoms with Crippen LogP contribution in [0.25, 0.3) is 0 Å². The molecule has 4 atom stereocenters. The molecule has 1 saturated carbocycles. The first-order valence-corrected chi connectivity index (χ1v) is 7.16. The van der Waals surface area contributed by atoms with Crippen LogP contribution < -0.4 is 0 Å². The molecule has 1 aromatic heterocycles. The van der Waals surface area contributed by atoms with Gasteiger partial charge in [0.05, 0.1) is 12.4 Å². The Kier molecular flexibility index (Phi) is 2.86. The molecule has 2 aliphatic carbocycles. The van der Waals surface area contributed by atoms with E-state index in [2.05, 4.69) is 13.8 Å². The van der Waals surface area contributed by atoms with Gasteiger partial charge in [0.1, 0.15) is 0 Å². The Bertz CT molecular complexity index is 516. The zero-order chi connectivity index (χ0) is 13.8. The summed E-state index contributed by atoms with van der Waals surface area (Å²) in [4.78, 5) is 12.7. The van der Waals surface area contributed by atoms with E-state index in [0.29, 0.717) is 11.7 Å². The van der Waals surface area contributed by atoms with Gasteiger partial charge in [0.15, 0.2) is 5.76 Å². The van der Waals surface area contributed by atoms with Gasteiger partial charge in [-0.2, -0.15) is 0 Å². The third kappa shape index (κ3) is 1.51. The summed E-state index contributed by atoms with van der Waals surface area (Å²) in [6, 6.07) is 0. The third-order valence-corrected chi connectivity index (χ3v) is 5.57. The molecule has 0 saturated heterocycles. The number of ketones is 1. The summed E-state index contributed by atoms with van der Waals surface area (Å²) in [5.74, 6) is 1.26. The molecule has 2 aliphatic rings. The van der Waals surface area contributed by atoms with E-state index in [4.69, 9.17) is 9.15 Å². The lowest BCUT2D eigenvalue weighted by molar-refractivity contribution is -0.0895. The van der Waals surface area contributed by atoms with Crippen molar-refractivity contribution in [3.8, 4) is 0 Å². The molecule has 104 valence electrons. The minimum Gasteiger partial charge on any atom is -0.461 e. The normalized spacial score (nSPS) is 37.9. The van der Waals surface area contributed by atoms with Crippen molar-refractivity contribution in [3.05, 3.63) is 23.2 Å². The standard InChI is InChI=1S/C16H22O3/c1-9-8-19-14-12(9)15(18-4)16(3)10(2)6-5-7-11(16)13(14)17/h8,10-11,15H,5-7H2,1-4H3/t10-,11-,15-,16+/m0/s1. The number of hydrogen-bond donors (Lipinski definition) is 0. The molecule has 3 rings (SSSR count). The van der Waals surface area contributed by atoms with Gasteiger partial charge in [-0.1, -0.05) is 26.7 Å². The number of carbonyl (C=O) groups excluding carboxylic acids is 1. The molecule has 19 heavy (non-hydrogen) atoms. The minimum absolute atomic E-state index is 0.0285. The lowest BCUT2D eigenvalue weighted by Gasteiger charge is -2.51. The topological polar surface area (TPSA) is 39.4 Å². The molecule has 0 N–H and O–H groups in total. The predicted octanol–water partition coefficient (Wildman–Crippen LogP) is 3.91. The van der Waals surface area contributed by atoms with Crippen LogP contribution in [0.2, 0.25) is 0 Å². The number of Topliss-reactive ketones (excluding diaryl/α,β-unsaturated/α-hetero) is 1. The van der Waals surface area contributed by atoms with E-state index >= 15 is 0 Å². The highest BCUT2D eigenvalue weighted by Gasteiger charge is 2.56. The molecule has 0 aliphatic heterocycles. The van der Waals surface area contributed by atoms with Crippen molar-refractivity contribution >= 4 is 5.78 Å². The molecule has 0 spiro atoms. The van der Waals surface area contributed by atoms with Gasteiger partial charge in [-0.05, 0) is 24.8 Å². The van der Waals surface area contributed by atoms with Gasteiger partial charge >= 0.3 is 0 Å². The number of furan rings is 1. The summed E-state index contributed by atoms with van der Waals surface area (Å²) in [6.07, 6.45) is 4.92. The van der Waals surface area contributed by atoms with Crippen molar-refractivity contribution in [2.45, 2.75) is 46.1 Å². The Balaban J connectivity index is 2.21. The van der Waals surface area contributed by atoms with Crippen molar-refractivity contribution in [2.24, 2.45) is 17.3 Å². The second-order valence-corrected chi connectivity index (χ2v) is 6.39. The van der Waals surface area contributed by atoms with E-state index in [0.717, 1.165) is 24.0 Å². The number of aryl methyl sites for hydroxylation is 1. The highest BCUT2D eigenvalue weighted by Crippen LogP contribution is 2.59. The molecule has 3 nitrogen and oxygen atoms in total. The molecule has 0 radical (unpaired) electrons. The minimum atomic E-state index is -0.105. The fraction of sp³-hybridized carbons (Fsp3) is 0.688. The van der Waals surface area contributed by atoms with Crippen molar-refractivity contribution in [1.82, 2.24) is 0 Å². The highest BCUT2D eigenvalue weighted by atomic mass is 16.5. The Morgan fingerprint density at radius 2 is 2.16 bits per heavy atom. The molecule has 0 bridgehead atoms. The van der Waals surface area contributed by atoms with Crippen LogP contribution in [-0.2, 0) is 4.74 Å². The molecule has 1 heterocycles. The number of methoxy groups -OCH3 is 1. The zero-order valence-electron chi connectivity index (χ0n) is 12.2. The summed E-state index contributed by atoms with van der Waals surface area (Å²) in [7, 11) is 1.75. The number of hydrogen-bond acceptors (Lipinski definition) is 3. The number of carbonyl (C=O) groups is 1. The lowest BCUT2D eigenvalue weighted by atomic mass is 9.54. The van der Waals surface area contributed by atoms with Crippen LogP contribution in [0, 0.1) is 24.2 Å². The van der Waals surface area contributed by atoms with Crippen LogP contribution in [0.3, 0.4) is 0 Å². The summed E-state index contributed by atoms with van der Waals surface area (Å²) in [5.41, 5.74) is 1.92. The van der Waals surface area contributed by atoms with Gasteiger partial charge in [0.25, 0.3) is 0 Å². The maximum absolute atomic E-state index is 12.7. The first-order valence-electron chi connectivity index (χ1n) is 7.16. The van der Waals surface area contributed by atoms with Gasteiger partial charge in [-0.3, -0.25) is 4.79 Å². The fourth-order valence-corrected chi connectivity index (χ4v) is 4.26. The van der Waals surface area contributed by atoms with Crippen LogP contribution >= 0.6 is 0 Å². The first-order chi connectivity index (χ1) is 9.01. The van der Waals surface area contributed by atoms with Crippen molar-refractivity contribution < 1.29 is 13.9 Å². The van der Waals surface area contributed by atoms with Crippen molar-refractivity contribution in [3.63, 3.8) is 0 Å². The zero-order valence-corrected chi connectivity index (χ0v) is 12.2. The maximum atomic E-state index is 12.7. The van der Waals surface area contributed by atoms with E-state index in [-0.39, 0.29) is 23.2 Å². The Morgan fingerprint density at radius 1 is 1.42 bits per heavy atom. The molecule has 1 fully saturated rings. The van der Waals surface area contributed by atoms with Gasteiger partial charge < -0.3 is 9.15 Å². The Labute approximate surface area is 114 Å². The molecule has 0 aromatic carbocycles. The van der Waals surface area contributed by atoms with Gasteiger partial charge in [-0.15, -0.1) is 0 Å². The van der Waals surface area contributed by atoms with Crippen LogP contribution in [0.5, 0.6) is 0 Å². The molecule has 1 aromatic rings. The maximum Gasteiger partial charge on any atom is 0.202 e. The number of ether oxygens (including phenoxy) is 1. The largest absolute Gasteiger partial charge is 0.461 e.